The minimum absolute atomic E-state index is 0.170. The Balaban J connectivity index is 1.78. The minimum atomic E-state index is -1.71. The highest BCUT2D eigenvalue weighted by molar-refractivity contribution is 5.89. The summed E-state index contributed by atoms with van der Waals surface area (Å²) in [5.41, 5.74) is 1.41. The number of esters is 3. The number of aryl methyl sites for hydroxylation is 1. The summed E-state index contributed by atoms with van der Waals surface area (Å²) < 4.78 is 33.6. The molecule has 0 radical (unpaired) electrons. The Bertz CT molecular complexity index is 816. The Kier molecular flexibility index (Phi) is 6.16. The third-order valence-electron chi connectivity index (χ3n) is 4.74. The highest BCUT2D eigenvalue weighted by Gasteiger charge is 2.66. The molecule has 1 unspecified atom stereocenters. The summed E-state index contributed by atoms with van der Waals surface area (Å²) in [5.74, 6) is -4.46. The van der Waals surface area contributed by atoms with Crippen LogP contribution >= 0.6 is 0 Å². The molecule has 2 heterocycles. The second kappa shape index (κ2) is 8.33. The van der Waals surface area contributed by atoms with Crippen LogP contribution in [0.25, 0.3) is 0 Å². The van der Waals surface area contributed by atoms with E-state index in [9.17, 15) is 14.4 Å². The lowest BCUT2D eigenvalue weighted by molar-refractivity contribution is -0.295. The lowest BCUT2D eigenvalue weighted by Crippen LogP contribution is -2.50. The number of ether oxygens (including phenoxy) is 6. The van der Waals surface area contributed by atoms with Crippen LogP contribution in [-0.4, -0.2) is 61.0 Å². The Hall–Kier alpha value is -2.49. The van der Waals surface area contributed by atoms with E-state index in [-0.39, 0.29) is 13.2 Å². The van der Waals surface area contributed by atoms with Crippen molar-refractivity contribution >= 4 is 17.9 Å². The average molecular weight is 422 g/mol. The predicted octanol–water partition coefficient (Wildman–Crippen LogP) is 1.89. The van der Waals surface area contributed by atoms with E-state index in [1.54, 1.807) is 38.1 Å². The summed E-state index contributed by atoms with van der Waals surface area (Å²) >= 11 is 0. The van der Waals surface area contributed by atoms with Crippen molar-refractivity contribution in [3.63, 3.8) is 0 Å². The van der Waals surface area contributed by atoms with Crippen LogP contribution in [0.15, 0.2) is 24.3 Å². The largest absolute Gasteiger partial charge is 0.459 e. The zero-order valence-corrected chi connectivity index (χ0v) is 17.6. The number of carbonyl (C=O) groups excluding carboxylic acids is 3. The first-order chi connectivity index (χ1) is 14.0. The Labute approximate surface area is 174 Å². The van der Waals surface area contributed by atoms with Crippen molar-refractivity contribution < 1.29 is 42.8 Å². The fourth-order valence-electron chi connectivity index (χ4n) is 3.52. The van der Waals surface area contributed by atoms with Crippen molar-refractivity contribution in [3.05, 3.63) is 35.4 Å². The van der Waals surface area contributed by atoms with E-state index in [0.29, 0.717) is 5.56 Å². The monoisotopic (exact) mass is 422 g/mol. The fourth-order valence-corrected chi connectivity index (χ4v) is 3.52. The van der Waals surface area contributed by atoms with Crippen LogP contribution in [0.3, 0.4) is 0 Å². The van der Waals surface area contributed by atoms with Gasteiger partial charge in [0.1, 0.15) is 18.8 Å². The van der Waals surface area contributed by atoms with Crippen LogP contribution in [0.5, 0.6) is 0 Å². The van der Waals surface area contributed by atoms with Gasteiger partial charge in [-0.05, 0) is 32.9 Å². The lowest BCUT2D eigenvalue weighted by atomic mass is 10.1. The molecule has 0 aromatic heterocycles. The topological polar surface area (TPSA) is 107 Å². The highest BCUT2D eigenvalue weighted by atomic mass is 16.8. The maximum absolute atomic E-state index is 12.4. The van der Waals surface area contributed by atoms with Crippen LogP contribution in [-0.2, 0) is 38.0 Å². The van der Waals surface area contributed by atoms with Crippen molar-refractivity contribution in [2.24, 2.45) is 0 Å². The molecule has 9 heteroatoms. The second-order valence-electron chi connectivity index (χ2n) is 7.83. The number of rotatable bonds is 6. The van der Waals surface area contributed by atoms with E-state index < -0.39 is 47.8 Å². The van der Waals surface area contributed by atoms with Gasteiger partial charge in [0.25, 0.3) is 5.79 Å². The average Bonchev–Trinajstić information content (AvgIpc) is 3.11. The van der Waals surface area contributed by atoms with Gasteiger partial charge in [-0.3, -0.25) is 9.59 Å². The van der Waals surface area contributed by atoms with E-state index >= 15 is 0 Å². The van der Waals surface area contributed by atoms with Gasteiger partial charge in [-0.2, -0.15) is 0 Å². The van der Waals surface area contributed by atoms with Gasteiger partial charge in [0, 0.05) is 13.8 Å². The Morgan fingerprint density at radius 1 is 0.967 bits per heavy atom. The normalized spacial score (nSPS) is 29.2. The zero-order chi connectivity index (χ0) is 22.1. The number of hydrogen-bond acceptors (Lipinski definition) is 9. The fraction of sp³-hybridized carbons (Fsp3) is 0.571. The van der Waals surface area contributed by atoms with Gasteiger partial charge in [-0.25, -0.2) is 4.79 Å². The van der Waals surface area contributed by atoms with Crippen LogP contribution in [0.1, 0.15) is 43.6 Å². The third kappa shape index (κ3) is 4.80. The van der Waals surface area contributed by atoms with Gasteiger partial charge < -0.3 is 28.4 Å². The first-order valence-electron chi connectivity index (χ1n) is 9.61. The molecule has 4 atom stereocenters. The number of benzene rings is 1. The SMILES string of the molecule is CC(=O)OCC1(OC(C)=O)O[C@H](COC(=O)c2ccc(C)cc2)[C@H]2OC(C)(C)O[C@H]21. The van der Waals surface area contributed by atoms with Gasteiger partial charge in [-0.1, -0.05) is 17.7 Å². The Morgan fingerprint density at radius 2 is 1.63 bits per heavy atom. The quantitative estimate of drug-likeness (QED) is 0.502. The molecule has 3 rings (SSSR count). The molecule has 30 heavy (non-hydrogen) atoms. The van der Waals surface area contributed by atoms with E-state index in [1.807, 2.05) is 6.92 Å². The minimum Gasteiger partial charge on any atom is -0.459 e. The lowest BCUT2D eigenvalue weighted by Gasteiger charge is -2.33. The molecule has 9 nitrogen and oxygen atoms in total. The summed E-state index contributed by atoms with van der Waals surface area (Å²) in [4.78, 5) is 35.5. The molecule has 1 aromatic rings. The van der Waals surface area contributed by atoms with Gasteiger partial charge in [0.05, 0.1) is 5.56 Å². The van der Waals surface area contributed by atoms with Gasteiger partial charge in [0.2, 0.25) is 0 Å². The Morgan fingerprint density at radius 3 is 2.23 bits per heavy atom. The molecule has 2 aliphatic heterocycles. The number of carbonyl (C=O) groups is 3. The molecule has 1 aromatic carbocycles. The number of fused-ring (bicyclic) bond motifs is 1. The van der Waals surface area contributed by atoms with Crippen molar-refractivity contribution in [2.75, 3.05) is 13.2 Å². The van der Waals surface area contributed by atoms with Crippen LogP contribution in [0, 0.1) is 6.92 Å². The maximum atomic E-state index is 12.4. The molecule has 0 spiro atoms. The summed E-state index contributed by atoms with van der Waals surface area (Å²) in [6, 6.07) is 6.94. The molecule has 0 bridgehead atoms. The zero-order valence-electron chi connectivity index (χ0n) is 17.6. The number of hydrogen-bond donors (Lipinski definition) is 0. The standard InChI is InChI=1S/C21H26O9/c1-12-6-8-15(9-7-12)19(24)25-10-16-17-18(30-20(4,5)29-17)21(28-16,27-14(3)23)11-26-13(2)22/h6-9,16-18H,10-11H2,1-5H3/t16-,17-,18-,21?/m1/s1. The van der Waals surface area contributed by atoms with Crippen molar-refractivity contribution in [1.29, 1.82) is 0 Å². The van der Waals surface area contributed by atoms with Crippen molar-refractivity contribution in [3.8, 4) is 0 Å². The molecule has 2 fully saturated rings. The summed E-state index contributed by atoms with van der Waals surface area (Å²) in [7, 11) is 0. The van der Waals surface area contributed by atoms with Crippen molar-refractivity contribution in [1.82, 2.24) is 0 Å². The predicted molar refractivity (Wildman–Crippen MR) is 101 cm³/mol. The molecule has 0 N–H and O–H groups in total. The molecule has 2 saturated heterocycles. The van der Waals surface area contributed by atoms with E-state index in [2.05, 4.69) is 0 Å². The highest BCUT2D eigenvalue weighted by Crippen LogP contribution is 2.45. The molecule has 0 amide bonds. The molecular weight excluding hydrogens is 396 g/mol. The van der Waals surface area contributed by atoms with Gasteiger partial charge in [-0.15, -0.1) is 0 Å². The summed E-state index contributed by atoms with van der Waals surface area (Å²) in [6.07, 6.45) is -2.39. The van der Waals surface area contributed by atoms with Crippen LogP contribution < -0.4 is 0 Å². The van der Waals surface area contributed by atoms with E-state index in [1.165, 1.54) is 13.8 Å². The second-order valence-corrected chi connectivity index (χ2v) is 7.83. The maximum Gasteiger partial charge on any atom is 0.338 e. The van der Waals surface area contributed by atoms with Crippen molar-refractivity contribution in [2.45, 2.75) is 64.5 Å². The van der Waals surface area contributed by atoms with E-state index in [4.69, 9.17) is 28.4 Å². The summed E-state index contributed by atoms with van der Waals surface area (Å²) in [6.45, 7) is 7.19. The third-order valence-corrected chi connectivity index (χ3v) is 4.74. The first-order valence-corrected chi connectivity index (χ1v) is 9.61. The molecule has 2 aliphatic rings. The van der Waals surface area contributed by atoms with Crippen LogP contribution in [0.2, 0.25) is 0 Å². The molecular formula is C21H26O9. The summed E-state index contributed by atoms with van der Waals surface area (Å²) in [5, 5.41) is 0. The van der Waals surface area contributed by atoms with Crippen LogP contribution in [0.4, 0.5) is 0 Å². The smallest absolute Gasteiger partial charge is 0.338 e. The van der Waals surface area contributed by atoms with E-state index in [0.717, 1.165) is 5.56 Å². The van der Waals surface area contributed by atoms with Gasteiger partial charge >= 0.3 is 17.9 Å². The van der Waals surface area contributed by atoms with Gasteiger partial charge in [0.15, 0.2) is 18.5 Å². The first kappa shape index (κ1) is 22.2. The molecule has 164 valence electrons. The molecule has 0 aliphatic carbocycles. The molecule has 0 saturated carbocycles.